The first-order valence-electron chi connectivity index (χ1n) is 10.2. The number of hydrogen-bond donors (Lipinski definition) is 2. The highest BCUT2D eigenvalue weighted by Crippen LogP contribution is 2.25. The van der Waals surface area contributed by atoms with Crippen LogP contribution in [0.25, 0.3) is 0 Å². The van der Waals surface area contributed by atoms with Crippen molar-refractivity contribution < 1.29 is 9.59 Å². The van der Waals surface area contributed by atoms with Gasteiger partial charge in [0.25, 0.3) is 0 Å². The third-order valence-electron chi connectivity index (χ3n) is 5.51. The van der Waals surface area contributed by atoms with Crippen LogP contribution < -0.4 is 5.32 Å². The number of H-pyrrole nitrogens is 1. The van der Waals surface area contributed by atoms with Gasteiger partial charge in [-0.05, 0) is 26.2 Å². The van der Waals surface area contributed by atoms with Crippen molar-refractivity contribution in [2.24, 2.45) is 5.92 Å². The van der Waals surface area contributed by atoms with Gasteiger partial charge >= 0.3 is 6.03 Å². The summed E-state index contributed by atoms with van der Waals surface area (Å²) in [5, 5.41) is 10.4. The van der Waals surface area contributed by atoms with E-state index in [4.69, 9.17) is 0 Å². The van der Waals surface area contributed by atoms with E-state index >= 15 is 0 Å². The smallest absolute Gasteiger partial charge is 0.317 e. The van der Waals surface area contributed by atoms with Gasteiger partial charge in [-0.3, -0.25) is 9.89 Å². The summed E-state index contributed by atoms with van der Waals surface area (Å²) in [5.74, 6) is 1.27. The minimum atomic E-state index is -0.315. The van der Waals surface area contributed by atoms with E-state index in [1.54, 1.807) is 0 Å². The zero-order chi connectivity index (χ0) is 19.4. The molecule has 27 heavy (non-hydrogen) atoms. The van der Waals surface area contributed by atoms with E-state index in [1.807, 2.05) is 30.6 Å². The predicted molar refractivity (Wildman–Crippen MR) is 102 cm³/mol. The van der Waals surface area contributed by atoms with Gasteiger partial charge in [0, 0.05) is 25.0 Å². The Balaban J connectivity index is 1.76. The summed E-state index contributed by atoms with van der Waals surface area (Å²) >= 11 is 0. The molecule has 2 N–H and O–H groups in total. The lowest BCUT2D eigenvalue weighted by Gasteiger charge is -2.32. The summed E-state index contributed by atoms with van der Waals surface area (Å²) in [4.78, 5) is 33.8. The highest BCUT2D eigenvalue weighted by atomic mass is 16.2. The largest absolute Gasteiger partial charge is 0.335 e. The molecule has 8 heteroatoms. The lowest BCUT2D eigenvalue weighted by molar-refractivity contribution is -0.137. The molecule has 0 aromatic carbocycles. The molecule has 1 atom stereocenters. The molecule has 1 aromatic heterocycles. The van der Waals surface area contributed by atoms with E-state index in [0.29, 0.717) is 31.3 Å². The first-order chi connectivity index (χ1) is 13.0. The van der Waals surface area contributed by atoms with Crippen molar-refractivity contribution in [2.75, 3.05) is 19.6 Å². The number of urea groups is 1. The standard InChI is InChI=1S/C19H32N6O2/c1-13(2)18(26)25-11-7-10-24(12-16(25)17-20-14(3)22-23-17)19(27)21-15-8-5-4-6-9-15/h13,15-16H,4-12H2,1-3H3,(H,21,27)(H,20,22,23). The summed E-state index contributed by atoms with van der Waals surface area (Å²) in [6.07, 6.45) is 6.49. The molecular weight excluding hydrogens is 344 g/mol. The molecule has 1 aliphatic heterocycles. The first-order valence-corrected chi connectivity index (χ1v) is 10.2. The van der Waals surface area contributed by atoms with Gasteiger partial charge in [-0.15, -0.1) is 0 Å². The molecule has 0 spiro atoms. The number of aryl methyl sites for hydroxylation is 1. The fourth-order valence-corrected chi connectivity index (χ4v) is 4.01. The Morgan fingerprint density at radius 3 is 2.52 bits per heavy atom. The van der Waals surface area contributed by atoms with E-state index in [2.05, 4.69) is 20.5 Å². The van der Waals surface area contributed by atoms with E-state index in [9.17, 15) is 9.59 Å². The summed E-state index contributed by atoms with van der Waals surface area (Å²) < 4.78 is 0. The van der Waals surface area contributed by atoms with Crippen LogP contribution in [-0.4, -0.2) is 62.6 Å². The van der Waals surface area contributed by atoms with Crippen molar-refractivity contribution in [3.05, 3.63) is 11.6 Å². The van der Waals surface area contributed by atoms with Crippen molar-refractivity contribution in [1.29, 1.82) is 0 Å². The molecule has 1 aliphatic carbocycles. The molecule has 3 rings (SSSR count). The summed E-state index contributed by atoms with van der Waals surface area (Å²) in [6.45, 7) is 7.33. The minimum Gasteiger partial charge on any atom is -0.335 e. The summed E-state index contributed by atoms with van der Waals surface area (Å²) in [6, 6.07) is -0.0745. The Hall–Kier alpha value is -2.12. The quantitative estimate of drug-likeness (QED) is 0.847. The van der Waals surface area contributed by atoms with Crippen molar-refractivity contribution in [3.63, 3.8) is 0 Å². The number of hydrogen-bond acceptors (Lipinski definition) is 4. The maximum atomic E-state index is 12.9. The normalized spacial score (nSPS) is 22.0. The number of carbonyl (C=O) groups is 2. The second kappa shape index (κ2) is 8.71. The highest BCUT2D eigenvalue weighted by Gasteiger charge is 2.35. The molecular formula is C19H32N6O2. The molecule has 2 fully saturated rings. The van der Waals surface area contributed by atoms with Gasteiger partial charge in [0.1, 0.15) is 11.9 Å². The average Bonchev–Trinajstić information content (AvgIpc) is 2.96. The minimum absolute atomic E-state index is 0.0296. The van der Waals surface area contributed by atoms with Crippen LogP contribution in [0.2, 0.25) is 0 Å². The third-order valence-corrected chi connectivity index (χ3v) is 5.51. The Kier molecular flexibility index (Phi) is 6.34. The number of nitrogens with one attached hydrogen (secondary N) is 2. The first kappa shape index (κ1) is 19.6. The fraction of sp³-hybridized carbons (Fsp3) is 0.789. The monoisotopic (exact) mass is 376 g/mol. The van der Waals surface area contributed by atoms with Crippen molar-refractivity contribution >= 4 is 11.9 Å². The fourth-order valence-electron chi connectivity index (χ4n) is 4.01. The third kappa shape index (κ3) is 4.78. The number of rotatable bonds is 3. The second-order valence-electron chi connectivity index (χ2n) is 8.07. The van der Waals surface area contributed by atoms with Crippen LogP contribution in [0.5, 0.6) is 0 Å². The Morgan fingerprint density at radius 2 is 1.89 bits per heavy atom. The molecule has 2 aliphatic rings. The van der Waals surface area contributed by atoms with E-state index in [-0.39, 0.29) is 29.9 Å². The average molecular weight is 377 g/mol. The van der Waals surface area contributed by atoms with Gasteiger partial charge in [-0.2, -0.15) is 5.10 Å². The number of carbonyl (C=O) groups excluding carboxylic acids is 2. The van der Waals surface area contributed by atoms with Crippen LogP contribution in [-0.2, 0) is 4.79 Å². The summed E-state index contributed by atoms with van der Waals surface area (Å²) in [5.41, 5.74) is 0. The molecule has 2 heterocycles. The van der Waals surface area contributed by atoms with E-state index < -0.39 is 0 Å². The molecule has 1 saturated heterocycles. The highest BCUT2D eigenvalue weighted by molar-refractivity contribution is 5.79. The van der Waals surface area contributed by atoms with Crippen LogP contribution in [0.15, 0.2) is 0 Å². The zero-order valence-corrected chi connectivity index (χ0v) is 16.7. The number of nitrogens with zero attached hydrogens (tertiary/aromatic N) is 4. The molecule has 1 saturated carbocycles. The Bertz CT molecular complexity index is 652. The molecule has 8 nitrogen and oxygen atoms in total. The van der Waals surface area contributed by atoms with Crippen LogP contribution in [0.1, 0.15) is 70.1 Å². The molecule has 0 radical (unpaired) electrons. The zero-order valence-electron chi connectivity index (χ0n) is 16.7. The van der Waals surface area contributed by atoms with Gasteiger partial charge < -0.3 is 15.1 Å². The van der Waals surface area contributed by atoms with Crippen LogP contribution in [0.4, 0.5) is 4.79 Å². The molecule has 3 amide bonds. The maximum Gasteiger partial charge on any atom is 0.317 e. The van der Waals surface area contributed by atoms with Gasteiger partial charge in [-0.1, -0.05) is 33.1 Å². The molecule has 1 aromatic rings. The lowest BCUT2D eigenvalue weighted by atomic mass is 9.96. The van der Waals surface area contributed by atoms with Crippen molar-refractivity contribution in [3.8, 4) is 0 Å². The van der Waals surface area contributed by atoms with Crippen molar-refractivity contribution in [2.45, 2.75) is 71.4 Å². The van der Waals surface area contributed by atoms with Crippen molar-refractivity contribution in [1.82, 2.24) is 30.3 Å². The van der Waals surface area contributed by atoms with Gasteiger partial charge in [0.2, 0.25) is 5.91 Å². The van der Waals surface area contributed by atoms with Gasteiger partial charge in [0.05, 0.1) is 6.54 Å². The predicted octanol–water partition coefficient (Wildman–Crippen LogP) is 2.39. The molecule has 150 valence electrons. The van der Waals surface area contributed by atoms with Crippen LogP contribution >= 0.6 is 0 Å². The maximum absolute atomic E-state index is 12.9. The Morgan fingerprint density at radius 1 is 1.15 bits per heavy atom. The molecule has 1 unspecified atom stereocenters. The lowest BCUT2D eigenvalue weighted by Crippen LogP contribution is -2.48. The Labute approximate surface area is 161 Å². The number of aromatic amines is 1. The van der Waals surface area contributed by atoms with Crippen LogP contribution in [0, 0.1) is 12.8 Å². The van der Waals surface area contributed by atoms with E-state index in [0.717, 1.165) is 19.3 Å². The van der Waals surface area contributed by atoms with Gasteiger partial charge in [0.15, 0.2) is 5.82 Å². The SMILES string of the molecule is Cc1nc(C2CN(C(=O)NC3CCCCC3)CCCN2C(=O)C(C)C)n[nH]1. The number of aromatic nitrogens is 3. The number of amides is 3. The van der Waals surface area contributed by atoms with E-state index in [1.165, 1.54) is 19.3 Å². The second-order valence-corrected chi connectivity index (χ2v) is 8.07. The molecule has 0 bridgehead atoms. The summed E-state index contributed by atoms with van der Waals surface area (Å²) in [7, 11) is 0. The van der Waals surface area contributed by atoms with Gasteiger partial charge in [-0.25, -0.2) is 9.78 Å². The topological polar surface area (TPSA) is 94.2 Å². The van der Waals surface area contributed by atoms with Crippen LogP contribution in [0.3, 0.4) is 0 Å².